The van der Waals surface area contributed by atoms with Crippen LogP contribution in [0.1, 0.15) is 22.3 Å². The molecule has 1 fully saturated rings. The third-order valence-electron chi connectivity index (χ3n) is 5.22. The molecule has 3 amide bonds. The normalized spacial score (nSPS) is 15.7. The van der Waals surface area contributed by atoms with E-state index in [9.17, 15) is 14.4 Å². The predicted octanol–water partition coefficient (Wildman–Crippen LogP) is 1.96. The molecule has 0 radical (unpaired) electrons. The molecule has 2 aromatic carbocycles. The number of amides is 3. The zero-order chi connectivity index (χ0) is 23.3. The summed E-state index contributed by atoms with van der Waals surface area (Å²) in [6, 6.07) is 13.5. The first-order valence-corrected chi connectivity index (χ1v) is 9.81. The van der Waals surface area contributed by atoms with E-state index in [1.165, 1.54) is 50.5 Å². The molecular formula is C23H23N3O6. The van der Waals surface area contributed by atoms with E-state index in [4.69, 9.17) is 19.5 Å². The SMILES string of the molecule is COc1ccc(C(=O)N(CC(OC)OC)C2CC(=O)N(c3ccc(C#N)cc3)C2=O)cc1. The maximum atomic E-state index is 13.3. The van der Waals surface area contributed by atoms with E-state index >= 15 is 0 Å². The second-order valence-electron chi connectivity index (χ2n) is 7.03. The summed E-state index contributed by atoms with van der Waals surface area (Å²) in [6.45, 7) is -0.0528. The molecule has 9 nitrogen and oxygen atoms in total. The minimum absolute atomic E-state index is 0.0528. The topological polar surface area (TPSA) is 109 Å². The van der Waals surface area contributed by atoms with Crippen LogP contribution in [0.15, 0.2) is 48.5 Å². The number of ether oxygens (including phenoxy) is 3. The molecule has 9 heteroatoms. The fraction of sp³-hybridized carbons (Fsp3) is 0.304. The summed E-state index contributed by atoms with van der Waals surface area (Å²) in [6.07, 6.45) is -0.968. The van der Waals surface area contributed by atoms with Gasteiger partial charge in [-0.05, 0) is 48.5 Å². The molecule has 32 heavy (non-hydrogen) atoms. The van der Waals surface area contributed by atoms with Crippen molar-refractivity contribution < 1.29 is 28.6 Å². The van der Waals surface area contributed by atoms with Gasteiger partial charge in [0.2, 0.25) is 5.91 Å². The van der Waals surface area contributed by atoms with Crippen LogP contribution in [0.4, 0.5) is 5.69 Å². The minimum Gasteiger partial charge on any atom is -0.497 e. The number of methoxy groups -OCH3 is 3. The summed E-state index contributed by atoms with van der Waals surface area (Å²) in [7, 11) is 4.37. The van der Waals surface area contributed by atoms with Crippen LogP contribution in [-0.2, 0) is 19.1 Å². The van der Waals surface area contributed by atoms with Crippen LogP contribution in [0, 0.1) is 11.3 Å². The van der Waals surface area contributed by atoms with Gasteiger partial charge in [0.1, 0.15) is 11.8 Å². The molecule has 0 aromatic heterocycles. The smallest absolute Gasteiger partial charge is 0.257 e. The quantitative estimate of drug-likeness (QED) is 0.459. The number of imide groups is 1. The molecule has 0 saturated carbocycles. The first-order chi connectivity index (χ1) is 15.4. The maximum absolute atomic E-state index is 13.3. The monoisotopic (exact) mass is 437 g/mol. The van der Waals surface area contributed by atoms with E-state index in [0.717, 1.165) is 4.90 Å². The lowest BCUT2D eigenvalue weighted by molar-refractivity contribution is -0.128. The number of nitrogens with zero attached hydrogens (tertiary/aromatic N) is 3. The standard InChI is InChI=1S/C23H23N3O6/c1-30-18-10-6-16(7-11-18)22(28)25(14-21(31-2)32-3)19-12-20(27)26(23(19)29)17-8-4-15(13-24)5-9-17/h4-11,19,21H,12,14H2,1-3H3. The highest BCUT2D eigenvalue weighted by Gasteiger charge is 2.45. The molecule has 1 aliphatic rings. The predicted molar refractivity (Wildman–Crippen MR) is 114 cm³/mol. The van der Waals surface area contributed by atoms with Gasteiger partial charge in [-0.3, -0.25) is 14.4 Å². The van der Waals surface area contributed by atoms with Gasteiger partial charge in [0.05, 0.1) is 37.4 Å². The third kappa shape index (κ3) is 4.61. The van der Waals surface area contributed by atoms with E-state index in [-0.39, 0.29) is 13.0 Å². The lowest BCUT2D eigenvalue weighted by Gasteiger charge is -2.30. The van der Waals surface area contributed by atoms with Crippen molar-refractivity contribution >= 4 is 23.4 Å². The van der Waals surface area contributed by atoms with E-state index < -0.39 is 30.1 Å². The Hall–Kier alpha value is -3.74. The molecule has 2 aromatic rings. The maximum Gasteiger partial charge on any atom is 0.257 e. The van der Waals surface area contributed by atoms with Gasteiger partial charge in [-0.25, -0.2) is 4.90 Å². The summed E-state index contributed by atoms with van der Waals surface area (Å²) in [5.74, 6) is -0.838. The molecule has 1 atom stereocenters. The van der Waals surface area contributed by atoms with E-state index in [2.05, 4.69) is 0 Å². The number of hydrogen-bond donors (Lipinski definition) is 0. The summed E-state index contributed by atoms with van der Waals surface area (Å²) >= 11 is 0. The Bertz CT molecular complexity index is 1030. The van der Waals surface area contributed by atoms with Crippen LogP contribution in [-0.4, -0.2) is 62.8 Å². The number of carbonyl (C=O) groups is 3. The summed E-state index contributed by atoms with van der Waals surface area (Å²) in [4.78, 5) is 41.7. The zero-order valence-corrected chi connectivity index (χ0v) is 18.0. The van der Waals surface area contributed by atoms with Crippen molar-refractivity contribution in [3.05, 3.63) is 59.7 Å². The lowest BCUT2D eigenvalue weighted by atomic mass is 10.1. The van der Waals surface area contributed by atoms with Crippen LogP contribution in [0.25, 0.3) is 0 Å². The summed E-state index contributed by atoms with van der Waals surface area (Å²) < 4.78 is 15.6. The Balaban J connectivity index is 1.92. The number of anilines is 1. The average molecular weight is 437 g/mol. The van der Waals surface area contributed by atoms with Crippen molar-refractivity contribution in [1.82, 2.24) is 4.90 Å². The Morgan fingerprint density at radius 2 is 1.72 bits per heavy atom. The van der Waals surface area contributed by atoms with Crippen molar-refractivity contribution in [2.24, 2.45) is 0 Å². The highest BCUT2D eigenvalue weighted by atomic mass is 16.7. The first-order valence-electron chi connectivity index (χ1n) is 9.81. The van der Waals surface area contributed by atoms with E-state index in [1.54, 1.807) is 24.3 Å². The van der Waals surface area contributed by atoms with Crippen molar-refractivity contribution in [3.8, 4) is 11.8 Å². The number of nitriles is 1. The van der Waals surface area contributed by atoms with Crippen molar-refractivity contribution in [2.45, 2.75) is 18.8 Å². The van der Waals surface area contributed by atoms with Crippen LogP contribution in [0.5, 0.6) is 5.75 Å². The number of rotatable bonds is 8. The second kappa shape index (κ2) is 10.0. The van der Waals surface area contributed by atoms with Gasteiger partial charge in [0, 0.05) is 19.8 Å². The molecule has 3 rings (SSSR count). The molecule has 166 valence electrons. The highest BCUT2D eigenvalue weighted by molar-refractivity contribution is 6.23. The van der Waals surface area contributed by atoms with Crippen LogP contribution in [0.3, 0.4) is 0 Å². The molecule has 0 aliphatic carbocycles. The Morgan fingerprint density at radius 3 is 2.25 bits per heavy atom. The number of hydrogen-bond acceptors (Lipinski definition) is 7. The van der Waals surface area contributed by atoms with E-state index in [0.29, 0.717) is 22.6 Å². The lowest BCUT2D eigenvalue weighted by Crippen LogP contribution is -2.49. The van der Waals surface area contributed by atoms with Gasteiger partial charge in [0.25, 0.3) is 11.8 Å². The fourth-order valence-electron chi connectivity index (χ4n) is 3.47. The fourth-order valence-corrected chi connectivity index (χ4v) is 3.47. The average Bonchev–Trinajstić information content (AvgIpc) is 3.13. The molecule has 1 unspecified atom stereocenters. The molecule has 0 bridgehead atoms. The zero-order valence-electron chi connectivity index (χ0n) is 18.0. The molecule has 0 spiro atoms. The number of benzene rings is 2. The van der Waals surface area contributed by atoms with E-state index in [1.807, 2.05) is 6.07 Å². The Kier molecular flexibility index (Phi) is 7.20. The Labute approximate surface area is 185 Å². The largest absolute Gasteiger partial charge is 0.497 e. The van der Waals surface area contributed by atoms with Gasteiger partial charge in [-0.1, -0.05) is 0 Å². The summed E-state index contributed by atoms with van der Waals surface area (Å²) in [5.41, 5.74) is 1.07. The molecule has 1 saturated heterocycles. The van der Waals surface area contributed by atoms with Gasteiger partial charge in [-0.2, -0.15) is 5.26 Å². The molecule has 1 heterocycles. The van der Waals surface area contributed by atoms with Crippen molar-refractivity contribution in [2.75, 3.05) is 32.8 Å². The second-order valence-corrected chi connectivity index (χ2v) is 7.03. The number of carbonyl (C=O) groups excluding carboxylic acids is 3. The van der Waals surface area contributed by atoms with Crippen LogP contribution < -0.4 is 9.64 Å². The molecular weight excluding hydrogens is 414 g/mol. The van der Waals surface area contributed by atoms with Gasteiger partial charge in [0.15, 0.2) is 6.29 Å². The first kappa shape index (κ1) is 22.9. The minimum atomic E-state index is -1.03. The van der Waals surface area contributed by atoms with Crippen molar-refractivity contribution in [1.29, 1.82) is 5.26 Å². The molecule has 1 aliphatic heterocycles. The van der Waals surface area contributed by atoms with Gasteiger partial charge in [-0.15, -0.1) is 0 Å². The van der Waals surface area contributed by atoms with Gasteiger partial charge >= 0.3 is 0 Å². The third-order valence-corrected chi connectivity index (χ3v) is 5.22. The molecule has 0 N–H and O–H groups in total. The highest BCUT2D eigenvalue weighted by Crippen LogP contribution is 2.27. The Morgan fingerprint density at radius 1 is 1.09 bits per heavy atom. The van der Waals surface area contributed by atoms with Crippen LogP contribution in [0.2, 0.25) is 0 Å². The summed E-state index contributed by atoms with van der Waals surface area (Å²) in [5, 5.41) is 8.97. The van der Waals surface area contributed by atoms with Crippen molar-refractivity contribution in [3.63, 3.8) is 0 Å². The van der Waals surface area contributed by atoms with Crippen LogP contribution >= 0.6 is 0 Å². The van der Waals surface area contributed by atoms with Gasteiger partial charge < -0.3 is 19.1 Å².